The maximum absolute atomic E-state index is 11.9. The Morgan fingerprint density at radius 2 is 2.15 bits per heavy atom. The lowest BCUT2D eigenvalue weighted by Gasteiger charge is -2.09. The lowest BCUT2D eigenvalue weighted by Crippen LogP contribution is -2.23. The van der Waals surface area contributed by atoms with Crippen molar-refractivity contribution >= 4 is 5.97 Å². The zero-order valence-corrected chi connectivity index (χ0v) is 11.3. The molecule has 0 aliphatic carbocycles. The number of carboxylic acid groups (broad SMARTS) is 1. The fourth-order valence-corrected chi connectivity index (χ4v) is 1.89. The normalized spacial score (nSPS) is 10.6. The standard InChI is InChI=1S/C13H14N2O5/c1-7-4-11(16)15(13(14-7)19-3)6-9-5-10(12(17)18)8(2)20-9/h4-5H,6H2,1-3H3,(H,17,18). The first-order valence-corrected chi connectivity index (χ1v) is 5.87. The number of hydrogen-bond donors (Lipinski definition) is 1. The zero-order chi connectivity index (χ0) is 14.9. The third kappa shape index (κ3) is 2.56. The Balaban J connectivity index is 2.42. The van der Waals surface area contributed by atoms with Crippen LogP contribution in [0.1, 0.15) is 27.6 Å². The summed E-state index contributed by atoms with van der Waals surface area (Å²) in [5.74, 6) is -0.426. The van der Waals surface area contributed by atoms with Crippen LogP contribution in [0.5, 0.6) is 6.01 Å². The highest BCUT2D eigenvalue weighted by Gasteiger charge is 2.16. The lowest BCUT2D eigenvalue weighted by molar-refractivity contribution is 0.0695. The number of aryl methyl sites for hydroxylation is 2. The molecule has 0 amide bonds. The average Bonchev–Trinajstić information content (AvgIpc) is 2.73. The first-order chi connectivity index (χ1) is 9.42. The molecule has 0 spiro atoms. The summed E-state index contributed by atoms with van der Waals surface area (Å²) >= 11 is 0. The van der Waals surface area contributed by atoms with Crippen molar-refractivity contribution in [1.29, 1.82) is 0 Å². The lowest BCUT2D eigenvalue weighted by atomic mass is 10.2. The molecule has 2 aromatic heterocycles. The second-order valence-corrected chi connectivity index (χ2v) is 4.30. The van der Waals surface area contributed by atoms with Gasteiger partial charge in [-0.1, -0.05) is 0 Å². The van der Waals surface area contributed by atoms with Crippen molar-refractivity contribution in [2.45, 2.75) is 20.4 Å². The summed E-state index contributed by atoms with van der Waals surface area (Å²) in [6.45, 7) is 3.30. The van der Waals surface area contributed by atoms with Crippen LogP contribution in [0.15, 0.2) is 21.3 Å². The Kier molecular flexibility index (Phi) is 3.60. The van der Waals surface area contributed by atoms with Crippen LogP contribution in [0.2, 0.25) is 0 Å². The van der Waals surface area contributed by atoms with Crippen molar-refractivity contribution in [3.05, 3.63) is 45.3 Å². The van der Waals surface area contributed by atoms with Crippen molar-refractivity contribution < 1.29 is 19.1 Å². The fourth-order valence-electron chi connectivity index (χ4n) is 1.89. The predicted octanol–water partition coefficient (Wildman–Crippen LogP) is 1.21. The molecule has 0 aliphatic rings. The highest BCUT2D eigenvalue weighted by atomic mass is 16.5. The van der Waals surface area contributed by atoms with Gasteiger partial charge < -0.3 is 14.3 Å². The Morgan fingerprint density at radius 3 is 2.70 bits per heavy atom. The summed E-state index contributed by atoms with van der Waals surface area (Å²) in [7, 11) is 1.41. The number of aromatic nitrogens is 2. The van der Waals surface area contributed by atoms with E-state index in [1.54, 1.807) is 13.8 Å². The highest BCUT2D eigenvalue weighted by molar-refractivity contribution is 5.88. The molecular weight excluding hydrogens is 264 g/mol. The molecule has 0 unspecified atom stereocenters. The van der Waals surface area contributed by atoms with Gasteiger partial charge in [-0.15, -0.1) is 0 Å². The van der Waals surface area contributed by atoms with Crippen LogP contribution >= 0.6 is 0 Å². The molecule has 0 atom stereocenters. The van der Waals surface area contributed by atoms with E-state index < -0.39 is 5.97 Å². The van der Waals surface area contributed by atoms with Crippen molar-refractivity contribution in [3.63, 3.8) is 0 Å². The van der Waals surface area contributed by atoms with Crippen molar-refractivity contribution in [2.75, 3.05) is 7.11 Å². The van der Waals surface area contributed by atoms with E-state index in [-0.39, 0.29) is 23.7 Å². The summed E-state index contributed by atoms with van der Waals surface area (Å²) < 4.78 is 11.7. The van der Waals surface area contributed by atoms with Crippen LogP contribution in [0.3, 0.4) is 0 Å². The second kappa shape index (κ2) is 5.20. The molecule has 0 radical (unpaired) electrons. The van der Waals surface area contributed by atoms with Gasteiger partial charge in [0.1, 0.15) is 17.1 Å². The molecular formula is C13H14N2O5. The molecule has 0 aromatic carbocycles. The molecule has 2 aromatic rings. The van der Waals surface area contributed by atoms with Crippen LogP contribution in [0, 0.1) is 13.8 Å². The van der Waals surface area contributed by atoms with Gasteiger partial charge in [-0.25, -0.2) is 9.78 Å². The minimum atomic E-state index is -1.07. The van der Waals surface area contributed by atoms with Crippen LogP contribution < -0.4 is 10.3 Å². The molecule has 0 bridgehead atoms. The van der Waals surface area contributed by atoms with E-state index in [4.69, 9.17) is 14.3 Å². The molecule has 106 valence electrons. The smallest absolute Gasteiger partial charge is 0.339 e. The summed E-state index contributed by atoms with van der Waals surface area (Å²) in [5, 5.41) is 8.97. The summed E-state index contributed by atoms with van der Waals surface area (Å²) in [4.78, 5) is 27.0. The predicted molar refractivity (Wildman–Crippen MR) is 69.3 cm³/mol. The Hall–Kier alpha value is -2.57. The number of rotatable bonds is 4. The topological polar surface area (TPSA) is 94.6 Å². The van der Waals surface area contributed by atoms with Gasteiger partial charge in [0, 0.05) is 11.8 Å². The first kappa shape index (κ1) is 13.9. The van der Waals surface area contributed by atoms with Crippen LogP contribution in [0.25, 0.3) is 0 Å². The Morgan fingerprint density at radius 1 is 1.45 bits per heavy atom. The van der Waals surface area contributed by atoms with Gasteiger partial charge in [-0.2, -0.15) is 0 Å². The van der Waals surface area contributed by atoms with Crippen molar-refractivity contribution in [3.8, 4) is 6.01 Å². The summed E-state index contributed by atoms with van der Waals surface area (Å²) in [6.07, 6.45) is 0. The van der Waals surface area contributed by atoms with Gasteiger partial charge >= 0.3 is 5.97 Å². The van der Waals surface area contributed by atoms with Gasteiger partial charge in [0.05, 0.1) is 13.7 Å². The van der Waals surface area contributed by atoms with E-state index in [0.29, 0.717) is 17.2 Å². The largest absolute Gasteiger partial charge is 0.478 e. The molecule has 0 aliphatic heterocycles. The summed E-state index contributed by atoms with van der Waals surface area (Å²) in [6, 6.07) is 2.92. The maximum atomic E-state index is 11.9. The third-order valence-electron chi connectivity index (χ3n) is 2.80. The number of nitrogens with zero attached hydrogens (tertiary/aromatic N) is 2. The number of furan rings is 1. The van der Waals surface area contributed by atoms with Crippen LogP contribution in [0.4, 0.5) is 0 Å². The quantitative estimate of drug-likeness (QED) is 0.903. The number of hydrogen-bond acceptors (Lipinski definition) is 5. The summed E-state index contributed by atoms with van der Waals surface area (Å²) in [5.41, 5.74) is 0.331. The highest BCUT2D eigenvalue weighted by Crippen LogP contribution is 2.17. The molecule has 7 nitrogen and oxygen atoms in total. The van der Waals surface area contributed by atoms with Gasteiger partial charge in [-0.05, 0) is 19.9 Å². The SMILES string of the molecule is COc1nc(C)cc(=O)n1Cc1cc(C(=O)O)c(C)o1. The third-order valence-corrected chi connectivity index (χ3v) is 2.80. The van der Waals surface area contributed by atoms with Gasteiger partial charge in [0.25, 0.3) is 11.6 Å². The molecule has 20 heavy (non-hydrogen) atoms. The van der Waals surface area contributed by atoms with E-state index in [2.05, 4.69) is 4.98 Å². The van der Waals surface area contributed by atoms with Gasteiger partial charge in [-0.3, -0.25) is 9.36 Å². The maximum Gasteiger partial charge on any atom is 0.339 e. The van der Waals surface area contributed by atoms with E-state index in [0.717, 1.165) is 0 Å². The van der Waals surface area contributed by atoms with Crippen molar-refractivity contribution in [2.24, 2.45) is 0 Å². The fraction of sp³-hybridized carbons (Fsp3) is 0.308. The minimum absolute atomic E-state index is 0.0589. The average molecular weight is 278 g/mol. The molecule has 0 saturated carbocycles. The minimum Gasteiger partial charge on any atom is -0.478 e. The number of aromatic carboxylic acids is 1. The molecule has 2 rings (SSSR count). The van der Waals surface area contributed by atoms with Crippen LogP contribution in [-0.2, 0) is 6.54 Å². The van der Waals surface area contributed by atoms with Gasteiger partial charge in [0.2, 0.25) is 0 Å². The number of carboxylic acids is 1. The van der Waals surface area contributed by atoms with Crippen molar-refractivity contribution in [1.82, 2.24) is 9.55 Å². The number of methoxy groups -OCH3 is 1. The van der Waals surface area contributed by atoms with E-state index in [1.807, 2.05) is 0 Å². The second-order valence-electron chi connectivity index (χ2n) is 4.30. The Bertz CT molecular complexity index is 714. The van der Waals surface area contributed by atoms with E-state index in [1.165, 1.54) is 23.8 Å². The zero-order valence-electron chi connectivity index (χ0n) is 11.3. The molecule has 0 saturated heterocycles. The molecule has 7 heteroatoms. The van der Waals surface area contributed by atoms with Gasteiger partial charge in [0.15, 0.2) is 0 Å². The van der Waals surface area contributed by atoms with Crippen LogP contribution in [-0.4, -0.2) is 27.7 Å². The molecule has 2 heterocycles. The van der Waals surface area contributed by atoms with E-state index >= 15 is 0 Å². The number of carbonyl (C=O) groups is 1. The van der Waals surface area contributed by atoms with E-state index in [9.17, 15) is 9.59 Å². The molecule has 0 fully saturated rings. The molecule has 1 N–H and O–H groups in total. The Labute approximate surface area is 114 Å². The first-order valence-electron chi connectivity index (χ1n) is 5.87. The monoisotopic (exact) mass is 278 g/mol. The number of ether oxygens (including phenoxy) is 1.